The van der Waals surface area contributed by atoms with E-state index in [2.05, 4.69) is 22.9 Å². The van der Waals surface area contributed by atoms with Gasteiger partial charge in [-0.05, 0) is 42.8 Å². The molecule has 0 aliphatic rings. The molecule has 0 spiro atoms. The lowest BCUT2D eigenvalue weighted by Crippen LogP contribution is -2.21. The van der Waals surface area contributed by atoms with E-state index in [4.69, 9.17) is 4.74 Å². The summed E-state index contributed by atoms with van der Waals surface area (Å²) in [6.45, 7) is 4.82. The molecule has 0 aromatic heterocycles. The number of carbonyl (C=O) groups excluding carboxylic acids is 2. The molecule has 2 amide bonds. The molecule has 0 atom stereocenters. The molecule has 6 nitrogen and oxygen atoms in total. The van der Waals surface area contributed by atoms with Crippen molar-refractivity contribution in [3.8, 4) is 5.75 Å². The van der Waals surface area contributed by atoms with Crippen LogP contribution in [-0.2, 0) is 9.59 Å². The fraction of sp³-hybridized carbons (Fsp3) is 0.391. The van der Waals surface area contributed by atoms with Gasteiger partial charge >= 0.3 is 0 Å². The van der Waals surface area contributed by atoms with Crippen molar-refractivity contribution < 1.29 is 14.3 Å². The van der Waals surface area contributed by atoms with Gasteiger partial charge < -0.3 is 20.7 Å². The predicted octanol–water partition coefficient (Wildman–Crippen LogP) is 5.04. The lowest BCUT2D eigenvalue weighted by molar-refractivity contribution is -0.116. The molecule has 0 saturated heterocycles. The standard InChI is InChI=1S/C23H31N3O3/c1-3-5-6-7-15-29-21-10-8-9-20(16-21)26-23(28)17-24-18-11-13-19(14-12-18)25-22(27)4-2/h8-14,16,24H,3-7,15,17H2,1-2H3,(H,25,27)(H,26,28). The van der Waals surface area contributed by atoms with Crippen molar-refractivity contribution in [3.63, 3.8) is 0 Å². The molecule has 0 heterocycles. The van der Waals surface area contributed by atoms with E-state index in [0.717, 1.165) is 23.5 Å². The zero-order valence-corrected chi connectivity index (χ0v) is 17.3. The fourth-order valence-electron chi connectivity index (χ4n) is 2.69. The molecule has 0 aliphatic heterocycles. The first-order valence-electron chi connectivity index (χ1n) is 10.3. The van der Waals surface area contributed by atoms with Crippen LogP contribution in [-0.4, -0.2) is 25.0 Å². The fourth-order valence-corrected chi connectivity index (χ4v) is 2.69. The Bertz CT molecular complexity index is 775. The average Bonchev–Trinajstić information content (AvgIpc) is 2.73. The summed E-state index contributed by atoms with van der Waals surface area (Å²) in [4.78, 5) is 23.6. The smallest absolute Gasteiger partial charge is 0.243 e. The molecule has 2 aromatic carbocycles. The molecule has 6 heteroatoms. The summed E-state index contributed by atoms with van der Waals surface area (Å²) < 4.78 is 5.75. The van der Waals surface area contributed by atoms with E-state index in [1.165, 1.54) is 19.3 Å². The number of nitrogens with one attached hydrogen (secondary N) is 3. The van der Waals surface area contributed by atoms with E-state index in [1.807, 2.05) is 36.4 Å². The monoisotopic (exact) mass is 397 g/mol. The van der Waals surface area contributed by atoms with Gasteiger partial charge in [0.15, 0.2) is 0 Å². The SMILES string of the molecule is CCCCCCOc1cccc(NC(=O)CNc2ccc(NC(=O)CC)cc2)c1. The molecular weight excluding hydrogens is 366 g/mol. The zero-order valence-electron chi connectivity index (χ0n) is 17.3. The third-order valence-corrected chi connectivity index (χ3v) is 4.33. The van der Waals surface area contributed by atoms with Crippen LogP contribution in [0.5, 0.6) is 5.75 Å². The Kier molecular flexibility index (Phi) is 9.55. The van der Waals surface area contributed by atoms with Crippen molar-refractivity contribution in [1.29, 1.82) is 0 Å². The van der Waals surface area contributed by atoms with Crippen LogP contribution >= 0.6 is 0 Å². The quantitative estimate of drug-likeness (QED) is 0.438. The minimum Gasteiger partial charge on any atom is -0.494 e. The number of ether oxygens (including phenoxy) is 1. The van der Waals surface area contributed by atoms with Gasteiger partial charge in [-0.25, -0.2) is 0 Å². The molecule has 0 saturated carbocycles. The van der Waals surface area contributed by atoms with Gasteiger partial charge in [-0.3, -0.25) is 9.59 Å². The molecule has 2 rings (SSSR count). The van der Waals surface area contributed by atoms with E-state index in [1.54, 1.807) is 19.1 Å². The molecular formula is C23H31N3O3. The molecule has 0 aliphatic carbocycles. The summed E-state index contributed by atoms with van der Waals surface area (Å²) in [5.41, 5.74) is 2.25. The maximum atomic E-state index is 12.2. The zero-order chi connectivity index (χ0) is 20.9. The van der Waals surface area contributed by atoms with Gasteiger partial charge in [0.2, 0.25) is 11.8 Å². The predicted molar refractivity (Wildman–Crippen MR) is 119 cm³/mol. The second-order valence-electron chi connectivity index (χ2n) is 6.82. The van der Waals surface area contributed by atoms with Crippen molar-refractivity contribution in [3.05, 3.63) is 48.5 Å². The van der Waals surface area contributed by atoms with Crippen LogP contribution < -0.4 is 20.7 Å². The summed E-state index contributed by atoms with van der Waals surface area (Å²) in [7, 11) is 0. The molecule has 2 aromatic rings. The summed E-state index contributed by atoms with van der Waals surface area (Å²) in [5.74, 6) is 0.586. The van der Waals surface area contributed by atoms with E-state index in [9.17, 15) is 9.59 Å². The van der Waals surface area contributed by atoms with Crippen LogP contribution in [0.2, 0.25) is 0 Å². The molecule has 0 bridgehead atoms. The largest absolute Gasteiger partial charge is 0.494 e. The van der Waals surface area contributed by atoms with Crippen molar-refractivity contribution in [1.82, 2.24) is 0 Å². The minimum atomic E-state index is -0.145. The Balaban J connectivity index is 1.76. The third-order valence-electron chi connectivity index (χ3n) is 4.33. The Hall–Kier alpha value is -3.02. The second kappa shape index (κ2) is 12.4. The normalized spacial score (nSPS) is 10.3. The number of hydrogen-bond donors (Lipinski definition) is 3. The lowest BCUT2D eigenvalue weighted by Gasteiger charge is -2.11. The van der Waals surface area contributed by atoms with Crippen molar-refractivity contribution in [2.75, 3.05) is 29.1 Å². The van der Waals surface area contributed by atoms with Crippen LogP contribution in [0.25, 0.3) is 0 Å². The topological polar surface area (TPSA) is 79.5 Å². The highest BCUT2D eigenvalue weighted by molar-refractivity contribution is 5.94. The molecule has 0 radical (unpaired) electrons. The molecule has 3 N–H and O–H groups in total. The van der Waals surface area contributed by atoms with Gasteiger partial charge in [0.05, 0.1) is 13.2 Å². The summed E-state index contributed by atoms with van der Waals surface area (Å²) in [6.07, 6.45) is 5.07. The van der Waals surface area contributed by atoms with E-state index in [-0.39, 0.29) is 18.4 Å². The maximum Gasteiger partial charge on any atom is 0.243 e. The number of hydrogen-bond acceptors (Lipinski definition) is 4. The number of rotatable bonds is 12. The summed E-state index contributed by atoms with van der Waals surface area (Å²) in [6, 6.07) is 14.7. The first-order chi connectivity index (χ1) is 14.1. The van der Waals surface area contributed by atoms with E-state index < -0.39 is 0 Å². The maximum absolute atomic E-state index is 12.2. The average molecular weight is 398 g/mol. The van der Waals surface area contributed by atoms with Gasteiger partial charge in [0.1, 0.15) is 5.75 Å². The molecule has 0 unspecified atom stereocenters. The van der Waals surface area contributed by atoms with E-state index >= 15 is 0 Å². The van der Waals surface area contributed by atoms with Gasteiger partial charge in [0.25, 0.3) is 0 Å². The highest BCUT2D eigenvalue weighted by atomic mass is 16.5. The van der Waals surface area contributed by atoms with Crippen molar-refractivity contribution in [2.24, 2.45) is 0 Å². The number of unbranched alkanes of at least 4 members (excludes halogenated alkanes) is 3. The van der Waals surface area contributed by atoms with Gasteiger partial charge in [-0.2, -0.15) is 0 Å². The first-order valence-corrected chi connectivity index (χ1v) is 10.3. The highest BCUT2D eigenvalue weighted by Crippen LogP contribution is 2.18. The summed E-state index contributed by atoms with van der Waals surface area (Å²) >= 11 is 0. The number of amides is 2. The highest BCUT2D eigenvalue weighted by Gasteiger charge is 2.05. The second-order valence-corrected chi connectivity index (χ2v) is 6.82. The van der Waals surface area contributed by atoms with Crippen LogP contribution in [0.1, 0.15) is 46.0 Å². The molecule has 156 valence electrons. The molecule has 29 heavy (non-hydrogen) atoms. The summed E-state index contributed by atoms with van der Waals surface area (Å²) in [5, 5.41) is 8.73. The van der Waals surface area contributed by atoms with Crippen LogP contribution in [0.4, 0.5) is 17.1 Å². The van der Waals surface area contributed by atoms with E-state index in [0.29, 0.717) is 18.7 Å². The Morgan fingerprint density at radius 1 is 0.828 bits per heavy atom. The Morgan fingerprint density at radius 2 is 1.55 bits per heavy atom. The van der Waals surface area contributed by atoms with Gasteiger partial charge in [-0.1, -0.05) is 39.2 Å². The third kappa shape index (κ3) is 8.68. The van der Waals surface area contributed by atoms with Crippen LogP contribution in [0.3, 0.4) is 0 Å². The Morgan fingerprint density at radius 3 is 2.28 bits per heavy atom. The number of anilines is 3. The van der Waals surface area contributed by atoms with Crippen molar-refractivity contribution >= 4 is 28.9 Å². The number of carbonyl (C=O) groups is 2. The number of benzene rings is 2. The lowest BCUT2D eigenvalue weighted by atomic mass is 10.2. The van der Waals surface area contributed by atoms with Gasteiger partial charge in [0, 0.05) is 29.5 Å². The van der Waals surface area contributed by atoms with Crippen LogP contribution in [0.15, 0.2) is 48.5 Å². The molecule has 0 fully saturated rings. The van der Waals surface area contributed by atoms with Gasteiger partial charge in [-0.15, -0.1) is 0 Å². The van der Waals surface area contributed by atoms with Crippen molar-refractivity contribution in [2.45, 2.75) is 46.0 Å². The Labute approximate surface area is 173 Å². The first kappa shape index (κ1) is 22.3. The van der Waals surface area contributed by atoms with Crippen LogP contribution in [0, 0.1) is 0 Å². The minimum absolute atomic E-state index is 0.0303.